The maximum Gasteiger partial charge on any atom is 0.323 e. The fourth-order valence-electron chi connectivity index (χ4n) is 3.85. The summed E-state index contributed by atoms with van der Waals surface area (Å²) in [6.07, 6.45) is -0.242. The number of aliphatic hydroxyl groups is 1. The number of aromatic nitrogens is 1. The Morgan fingerprint density at radius 3 is 2.67 bits per heavy atom. The molecular formula is C23H33N5O5. The van der Waals surface area contributed by atoms with Crippen LogP contribution in [0.2, 0.25) is 0 Å². The molecule has 0 spiro atoms. The van der Waals surface area contributed by atoms with E-state index in [1.807, 2.05) is 32.8 Å². The number of urea groups is 1. The summed E-state index contributed by atoms with van der Waals surface area (Å²) in [6.45, 7) is 8.19. The first kappa shape index (κ1) is 24.5. The molecule has 180 valence electrons. The number of amides is 3. The van der Waals surface area contributed by atoms with Crippen LogP contribution in [-0.4, -0.2) is 77.9 Å². The molecule has 1 aliphatic rings. The quantitative estimate of drug-likeness (QED) is 0.607. The number of rotatable bonds is 6. The zero-order chi connectivity index (χ0) is 24.3. The molecule has 2 aromatic rings. The van der Waals surface area contributed by atoms with E-state index in [2.05, 4.69) is 15.8 Å². The highest BCUT2D eigenvalue weighted by Crippen LogP contribution is 2.35. The van der Waals surface area contributed by atoms with Gasteiger partial charge in [0.15, 0.2) is 11.5 Å². The van der Waals surface area contributed by atoms with Crippen LogP contribution in [0.3, 0.4) is 0 Å². The van der Waals surface area contributed by atoms with Gasteiger partial charge in [0.25, 0.3) is 5.91 Å². The van der Waals surface area contributed by atoms with E-state index < -0.39 is 6.03 Å². The highest BCUT2D eigenvalue weighted by Gasteiger charge is 2.34. The Labute approximate surface area is 193 Å². The van der Waals surface area contributed by atoms with Crippen molar-refractivity contribution in [3.63, 3.8) is 0 Å². The van der Waals surface area contributed by atoms with Crippen LogP contribution in [0, 0.1) is 19.8 Å². The molecule has 0 saturated heterocycles. The standard InChI is InChI=1S/C23H33N5O5/c1-13-10-28(14(2)12-29)22(30)17-8-7-9-18(21(17)32-19(13)11-27(5)6)24-23(31)25-20-15(3)26-33-16(20)4/h7-9,13-14,19,29H,10-12H2,1-6H3,(H2,24,25,31)/t13-,14-,19-/m1/s1. The van der Waals surface area contributed by atoms with Crippen molar-refractivity contribution in [2.45, 2.75) is 39.8 Å². The lowest BCUT2D eigenvalue weighted by Crippen LogP contribution is -2.49. The number of likely N-dealkylation sites (N-methyl/N-ethyl adjacent to an activating group) is 1. The molecule has 0 radical (unpaired) electrons. The Hall–Kier alpha value is -3.11. The van der Waals surface area contributed by atoms with Gasteiger partial charge in [0.1, 0.15) is 17.5 Å². The van der Waals surface area contributed by atoms with Gasteiger partial charge in [-0.3, -0.25) is 4.79 Å². The van der Waals surface area contributed by atoms with Crippen molar-refractivity contribution < 1.29 is 24.0 Å². The van der Waals surface area contributed by atoms with Gasteiger partial charge in [-0.2, -0.15) is 0 Å². The van der Waals surface area contributed by atoms with Crippen LogP contribution in [0.5, 0.6) is 5.75 Å². The zero-order valence-corrected chi connectivity index (χ0v) is 20.0. The van der Waals surface area contributed by atoms with Gasteiger partial charge in [0, 0.05) is 19.0 Å². The minimum absolute atomic E-state index is 0.0114. The first-order chi connectivity index (χ1) is 15.6. The average Bonchev–Trinajstić information content (AvgIpc) is 3.07. The third kappa shape index (κ3) is 5.45. The number of anilines is 2. The monoisotopic (exact) mass is 459 g/mol. The van der Waals surface area contributed by atoms with Gasteiger partial charge < -0.3 is 34.8 Å². The van der Waals surface area contributed by atoms with Gasteiger partial charge in [0.05, 0.1) is 23.9 Å². The number of ether oxygens (including phenoxy) is 1. The van der Waals surface area contributed by atoms with Crippen molar-refractivity contribution in [3.05, 3.63) is 35.2 Å². The van der Waals surface area contributed by atoms with Crippen LogP contribution in [0.4, 0.5) is 16.2 Å². The van der Waals surface area contributed by atoms with Gasteiger partial charge in [-0.05, 0) is 47.0 Å². The third-order valence-electron chi connectivity index (χ3n) is 5.76. The van der Waals surface area contributed by atoms with Crippen molar-refractivity contribution in [3.8, 4) is 5.75 Å². The second-order valence-corrected chi connectivity index (χ2v) is 8.85. The normalized spacial score (nSPS) is 19.4. The Balaban J connectivity index is 1.98. The summed E-state index contributed by atoms with van der Waals surface area (Å²) in [5, 5.41) is 19.1. The number of carbonyl (C=O) groups excluding carboxylic acids is 2. The van der Waals surface area contributed by atoms with Gasteiger partial charge in [-0.15, -0.1) is 0 Å². The second kappa shape index (κ2) is 10.2. The predicted molar refractivity (Wildman–Crippen MR) is 125 cm³/mol. The van der Waals surface area contributed by atoms with Crippen molar-refractivity contribution in [1.82, 2.24) is 15.0 Å². The molecule has 3 atom stereocenters. The maximum absolute atomic E-state index is 13.4. The summed E-state index contributed by atoms with van der Waals surface area (Å²) in [5.41, 5.74) is 1.76. The number of hydrogen-bond acceptors (Lipinski definition) is 7. The lowest BCUT2D eigenvalue weighted by molar-refractivity contribution is 0.0365. The van der Waals surface area contributed by atoms with E-state index >= 15 is 0 Å². The van der Waals surface area contributed by atoms with E-state index in [4.69, 9.17) is 9.26 Å². The van der Waals surface area contributed by atoms with Crippen LogP contribution in [0.1, 0.15) is 35.7 Å². The van der Waals surface area contributed by atoms with Crippen LogP contribution in [0.25, 0.3) is 0 Å². The van der Waals surface area contributed by atoms with Gasteiger partial charge >= 0.3 is 6.03 Å². The zero-order valence-electron chi connectivity index (χ0n) is 20.0. The molecule has 0 bridgehead atoms. The minimum Gasteiger partial charge on any atom is -0.486 e. The number of aryl methyl sites for hydroxylation is 2. The van der Waals surface area contributed by atoms with E-state index in [1.165, 1.54) is 0 Å². The number of carbonyl (C=O) groups is 2. The Morgan fingerprint density at radius 2 is 2.06 bits per heavy atom. The highest BCUT2D eigenvalue weighted by atomic mass is 16.5. The highest BCUT2D eigenvalue weighted by molar-refractivity contribution is 6.04. The van der Waals surface area contributed by atoms with Gasteiger partial charge in [0.2, 0.25) is 0 Å². The molecule has 2 heterocycles. The second-order valence-electron chi connectivity index (χ2n) is 8.85. The van der Waals surface area contributed by atoms with Crippen LogP contribution < -0.4 is 15.4 Å². The van der Waals surface area contributed by atoms with Gasteiger partial charge in [-0.1, -0.05) is 18.1 Å². The van der Waals surface area contributed by atoms with Crippen molar-refractivity contribution >= 4 is 23.3 Å². The lowest BCUT2D eigenvalue weighted by atomic mass is 9.99. The molecule has 0 unspecified atom stereocenters. The molecule has 3 rings (SSSR count). The molecule has 3 amide bonds. The smallest absolute Gasteiger partial charge is 0.323 e. The number of fused-ring (bicyclic) bond motifs is 1. The van der Waals surface area contributed by atoms with E-state index in [1.54, 1.807) is 36.9 Å². The first-order valence-corrected chi connectivity index (χ1v) is 11.0. The number of para-hydroxylation sites is 1. The first-order valence-electron chi connectivity index (χ1n) is 11.0. The van der Waals surface area contributed by atoms with E-state index in [0.717, 1.165) is 0 Å². The van der Waals surface area contributed by atoms with Crippen LogP contribution >= 0.6 is 0 Å². The van der Waals surface area contributed by atoms with Crippen LogP contribution in [-0.2, 0) is 0 Å². The lowest BCUT2D eigenvalue weighted by Gasteiger charge is -2.38. The molecule has 33 heavy (non-hydrogen) atoms. The van der Waals surface area contributed by atoms with E-state index in [9.17, 15) is 14.7 Å². The molecular weight excluding hydrogens is 426 g/mol. The fourth-order valence-corrected chi connectivity index (χ4v) is 3.85. The maximum atomic E-state index is 13.4. The SMILES string of the molecule is Cc1noc(C)c1NC(=O)Nc1cccc2c1O[C@H](CN(C)C)[C@H](C)CN([C@H](C)CO)C2=O. The summed E-state index contributed by atoms with van der Waals surface area (Å²) in [6, 6.07) is 4.20. The Morgan fingerprint density at radius 1 is 1.33 bits per heavy atom. The number of benzene rings is 1. The molecule has 0 fully saturated rings. The summed E-state index contributed by atoms with van der Waals surface area (Å²) in [5.74, 6) is 0.537. The molecule has 0 saturated carbocycles. The van der Waals surface area contributed by atoms with Crippen molar-refractivity contribution in [2.24, 2.45) is 5.92 Å². The van der Waals surface area contributed by atoms with E-state index in [0.29, 0.717) is 47.2 Å². The average molecular weight is 460 g/mol. The molecule has 1 aliphatic heterocycles. The largest absolute Gasteiger partial charge is 0.486 e. The Bertz CT molecular complexity index is 986. The van der Waals surface area contributed by atoms with Gasteiger partial charge in [-0.25, -0.2) is 4.79 Å². The molecule has 10 heteroatoms. The molecule has 1 aromatic carbocycles. The number of hydrogen-bond donors (Lipinski definition) is 3. The molecule has 3 N–H and O–H groups in total. The van der Waals surface area contributed by atoms with Crippen LogP contribution in [0.15, 0.2) is 22.7 Å². The fraction of sp³-hybridized carbons (Fsp3) is 0.522. The summed E-state index contributed by atoms with van der Waals surface area (Å²) in [4.78, 5) is 29.9. The summed E-state index contributed by atoms with van der Waals surface area (Å²) < 4.78 is 11.5. The summed E-state index contributed by atoms with van der Waals surface area (Å²) in [7, 11) is 3.91. The molecule has 1 aromatic heterocycles. The van der Waals surface area contributed by atoms with E-state index in [-0.39, 0.29) is 30.6 Å². The number of nitrogens with zero attached hydrogens (tertiary/aromatic N) is 3. The number of aliphatic hydroxyl groups excluding tert-OH is 1. The Kier molecular flexibility index (Phi) is 7.60. The molecule has 0 aliphatic carbocycles. The van der Waals surface area contributed by atoms with Crippen molar-refractivity contribution in [2.75, 3.05) is 44.4 Å². The summed E-state index contributed by atoms with van der Waals surface area (Å²) >= 11 is 0. The minimum atomic E-state index is -0.506. The molecule has 10 nitrogen and oxygen atoms in total. The topological polar surface area (TPSA) is 120 Å². The number of nitrogens with one attached hydrogen (secondary N) is 2. The predicted octanol–water partition coefficient (Wildman–Crippen LogP) is 2.72. The van der Waals surface area contributed by atoms with Crippen molar-refractivity contribution in [1.29, 1.82) is 0 Å². The third-order valence-corrected chi connectivity index (χ3v) is 5.76.